The number of aliphatic hydroxyl groups excluding tert-OH is 1. The first kappa shape index (κ1) is 16.0. The Morgan fingerprint density at radius 2 is 1.63 bits per heavy atom. The van der Waals surface area contributed by atoms with E-state index in [-0.39, 0.29) is 6.10 Å². The van der Waals surface area contributed by atoms with E-state index in [9.17, 15) is 13.5 Å². The Morgan fingerprint density at radius 1 is 1.16 bits per heavy atom. The van der Waals surface area contributed by atoms with Crippen LogP contribution in [0.15, 0.2) is 24.3 Å². The summed E-state index contributed by atoms with van der Waals surface area (Å²) in [4.78, 5) is 0. The highest BCUT2D eigenvalue weighted by Gasteiger charge is 2.38. The maximum Gasteiger partial charge on any atom is 0.155 e. The van der Waals surface area contributed by atoms with Crippen LogP contribution in [0.5, 0.6) is 5.75 Å². The number of benzene rings is 1. The maximum atomic E-state index is 11.7. The topological polar surface area (TPSA) is 63.6 Å². The first-order chi connectivity index (χ1) is 8.55. The van der Waals surface area contributed by atoms with E-state index in [2.05, 4.69) is 0 Å². The Hall–Kier alpha value is -1.07. The van der Waals surface area contributed by atoms with Crippen molar-refractivity contribution in [2.75, 3.05) is 6.26 Å². The van der Waals surface area contributed by atoms with Gasteiger partial charge in [0.1, 0.15) is 5.75 Å². The SMILES string of the molecule is CC(C)Oc1ccc(C(O)C(C)(C)S(C)(=O)=O)cc1. The van der Waals surface area contributed by atoms with Gasteiger partial charge in [0.2, 0.25) is 0 Å². The number of ether oxygens (including phenoxy) is 1. The third-order valence-electron chi connectivity index (χ3n) is 3.18. The largest absolute Gasteiger partial charge is 0.491 e. The van der Waals surface area contributed by atoms with E-state index in [1.165, 1.54) is 13.8 Å². The van der Waals surface area contributed by atoms with Crippen molar-refractivity contribution in [3.05, 3.63) is 29.8 Å². The zero-order valence-corrected chi connectivity index (χ0v) is 12.9. The van der Waals surface area contributed by atoms with Gasteiger partial charge in [-0.05, 0) is 45.4 Å². The molecule has 1 atom stereocenters. The molecule has 1 aromatic rings. The number of aliphatic hydroxyl groups is 1. The van der Waals surface area contributed by atoms with E-state index < -0.39 is 20.7 Å². The number of sulfone groups is 1. The number of rotatable bonds is 5. The van der Waals surface area contributed by atoms with Crippen LogP contribution in [0.1, 0.15) is 39.4 Å². The van der Waals surface area contributed by atoms with Crippen molar-refractivity contribution < 1.29 is 18.3 Å². The molecule has 1 rings (SSSR count). The lowest BCUT2D eigenvalue weighted by Gasteiger charge is -2.29. The second-order valence-electron chi connectivity index (χ2n) is 5.51. The van der Waals surface area contributed by atoms with Crippen LogP contribution in [0.3, 0.4) is 0 Å². The molecular weight excluding hydrogens is 264 g/mol. The van der Waals surface area contributed by atoms with Crippen LogP contribution in [0.25, 0.3) is 0 Å². The van der Waals surface area contributed by atoms with Crippen LogP contribution >= 0.6 is 0 Å². The molecule has 0 saturated heterocycles. The molecule has 0 aliphatic heterocycles. The van der Waals surface area contributed by atoms with Gasteiger partial charge in [0, 0.05) is 6.26 Å². The molecule has 0 radical (unpaired) electrons. The van der Waals surface area contributed by atoms with Gasteiger partial charge in [-0.15, -0.1) is 0 Å². The molecule has 108 valence electrons. The lowest BCUT2D eigenvalue weighted by molar-refractivity contribution is 0.139. The average molecular weight is 286 g/mol. The van der Waals surface area contributed by atoms with Crippen LogP contribution in [-0.4, -0.2) is 30.6 Å². The second-order valence-corrected chi connectivity index (χ2v) is 8.11. The van der Waals surface area contributed by atoms with Crippen LogP contribution < -0.4 is 4.74 Å². The lowest BCUT2D eigenvalue weighted by Crippen LogP contribution is -2.37. The van der Waals surface area contributed by atoms with Crippen LogP contribution in [-0.2, 0) is 9.84 Å². The molecule has 0 bridgehead atoms. The Morgan fingerprint density at radius 3 is 2.00 bits per heavy atom. The smallest absolute Gasteiger partial charge is 0.155 e. The highest BCUT2D eigenvalue weighted by atomic mass is 32.2. The van der Waals surface area contributed by atoms with E-state index >= 15 is 0 Å². The minimum absolute atomic E-state index is 0.0724. The third kappa shape index (κ3) is 3.70. The fourth-order valence-corrected chi connectivity index (χ4v) is 2.15. The molecule has 0 aliphatic rings. The fourth-order valence-electron chi connectivity index (χ4n) is 1.61. The minimum Gasteiger partial charge on any atom is -0.491 e. The van der Waals surface area contributed by atoms with E-state index in [1.54, 1.807) is 24.3 Å². The predicted molar refractivity (Wildman–Crippen MR) is 76.1 cm³/mol. The summed E-state index contributed by atoms with van der Waals surface area (Å²) in [7, 11) is -3.36. The molecule has 0 aliphatic carbocycles. The van der Waals surface area contributed by atoms with Crippen molar-refractivity contribution in [2.45, 2.75) is 44.6 Å². The van der Waals surface area contributed by atoms with Gasteiger partial charge in [-0.2, -0.15) is 0 Å². The number of hydrogen-bond acceptors (Lipinski definition) is 4. The molecule has 0 spiro atoms. The Bertz CT molecular complexity index is 515. The molecule has 0 fully saturated rings. The summed E-state index contributed by atoms with van der Waals surface area (Å²) in [6.07, 6.45) is 0.130. The minimum atomic E-state index is -3.36. The fraction of sp³-hybridized carbons (Fsp3) is 0.571. The van der Waals surface area contributed by atoms with Crippen LogP contribution in [0.2, 0.25) is 0 Å². The summed E-state index contributed by atoms with van der Waals surface area (Å²) in [5.41, 5.74) is 0.562. The molecule has 0 amide bonds. The normalized spacial score (nSPS) is 14.5. The maximum absolute atomic E-state index is 11.7. The quantitative estimate of drug-likeness (QED) is 0.902. The van der Waals surface area contributed by atoms with E-state index in [0.29, 0.717) is 11.3 Å². The number of hydrogen-bond donors (Lipinski definition) is 1. The molecule has 1 unspecified atom stereocenters. The van der Waals surface area contributed by atoms with Gasteiger partial charge in [-0.1, -0.05) is 12.1 Å². The van der Waals surface area contributed by atoms with Gasteiger partial charge in [-0.25, -0.2) is 8.42 Å². The monoisotopic (exact) mass is 286 g/mol. The van der Waals surface area contributed by atoms with Crippen LogP contribution in [0, 0.1) is 0 Å². The molecule has 0 aromatic heterocycles. The molecule has 4 nitrogen and oxygen atoms in total. The van der Waals surface area contributed by atoms with Gasteiger partial charge >= 0.3 is 0 Å². The molecule has 19 heavy (non-hydrogen) atoms. The summed E-state index contributed by atoms with van der Waals surface area (Å²) in [5, 5.41) is 10.2. The molecule has 5 heteroatoms. The molecular formula is C14H22O4S. The highest BCUT2D eigenvalue weighted by molar-refractivity contribution is 7.92. The first-order valence-corrected chi connectivity index (χ1v) is 8.09. The molecule has 1 N–H and O–H groups in total. The van der Waals surface area contributed by atoms with Gasteiger partial charge in [0.15, 0.2) is 9.84 Å². The van der Waals surface area contributed by atoms with Crippen LogP contribution in [0.4, 0.5) is 0 Å². The Labute approximate surface area is 115 Å². The average Bonchev–Trinajstić information content (AvgIpc) is 2.26. The van der Waals surface area contributed by atoms with Crippen molar-refractivity contribution >= 4 is 9.84 Å². The van der Waals surface area contributed by atoms with E-state index in [4.69, 9.17) is 4.74 Å². The third-order valence-corrected chi connectivity index (χ3v) is 5.32. The van der Waals surface area contributed by atoms with Gasteiger partial charge in [-0.3, -0.25) is 0 Å². The standard InChI is InChI=1S/C14H22O4S/c1-10(2)18-12-8-6-11(7-9-12)13(15)14(3,4)19(5,16)17/h6-10,13,15H,1-5H3. The van der Waals surface area contributed by atoms with Crippen molar-refractivity contribution in [3.63, 3.8) is 0 Å². The van der Waals surface area contributed by atoms with Crippen molar-refractivity contribution in [3.8, 4) is 5.75 Å². The summed E-state index contributed by atoms with van der Waals surface area (Å²) < 4.78 is 27.7. The zero-order chi connectivity index (χ0) is 14.8. The summed E-state index contributed by atoms with van der Waals surface area (Å²) in [6, 6.07) is 6.85. The highest BCUT2D eigenvalue weighted by Crippen LogP contribution is 2.32. The predicted octanol–water partition coefficient (Wildman–Crippen LogP) is 2.33. The first-order valence-electron chi connectivity index (χ1n) is 6.20. The summed E-state index contributed by atoms with van der Waals surface area (Å²) in [5.74, 6) is 0.697. The van der Waals surface area contributed by atoms with Gasteiger partial charge < -0.3 is 9.84 Å². The van der Waals surface area contributed by atoms with E-state index in [1.807, 2.05) is 13.8 Å². The zero-order valence-electron chi connectivity index (χ0n) is 12.0. The Balaban J connectivity index is 2.99. The second kappa shape index (κ2) is 5.51. The van der Waals surface area contributed by atoms with Crippen molar-refractivity contribution in [1.29, 1.82) is 0 Å². The van der Waals surface area contributed by atoms with Crippen molar-refractivity contribution in [2.24, 2.45) is 0 Å². The Kier molecular flexibility index (Phi) is 4.63. The molecule has 1 aromatic carbocycles. The summed E-state index contributed by atoms with van der Waals surface area (Å²) in [6.45, 7) is 6.89. The van der Waals surface area contributed by atoms with E-state index in [0.717, 1.165) is 6.26 Å². The van der Waals surface area contributed by atoms with Gasteiger partial charge in [0.05, 0.1) is 17.0 Å². The summed E-state index contributed by atoms with van der Waals surface area (Å²) >= 11 is 0. The molecule has 0 saturated carbocycles. The van der Waals surface area contributed by atoms with Gasteiger partial charge in [0.25, 0.3) is 0 Å². The van der Waals surface area contributed by atoms with Crippen molar-refractivity contribution in [1.82, 2.24) is 0 Å². The molecule has 0 heterocycles. The lowest BCUT2D eigenvalue weighted by atomic mass is 9.98.